The van der Waals surface area contributed by atoms with Gasteiger partial charge in [-0.15, -0.1) is 0 Å². The minimum absolute atomic E-state index is 0.339. The van der Waals surface area contributed by atoms with Crippen molar-refractivity contribution in [2.75, 3.05) is 11.9 Å². The number of aryl methyl sites for hydroxylation is 1. The van der Waals surface area contributed by atoms with Crippen LogP contribution in [0.3, 0.4) is 0 Å². The van der Waals surface area contributed by atoms with Gasteiger partial charge in [0, 0.05) is 5.02 Å². The first kappa shape index (κ1) is 17.1. The number of halogens is 1. The van der Waals surface area contributed by atoms with Crippen LogP contribution < -0.4 is 15.4 Å². The SMILES string of the molecule is CCCOc1ccc(Cl)cc1NC(=O)NC(C)c1nc(C)no1. The standard InChI is InChI=1S/C15H19ClN4O3/c1-4-7-22-13-6-5-11(16)8-12(13)19-15(21)17-9(2)14-18-10(3)20-23-14/h5-6,8-9H,4,7H2,1-3H3,(H2,17,19,21). The van der Waals surface area contributed by atoms with Gasteiger partial charge in [0.1, 0.15) is 11.8 Å². The van der Waals surface area contributed by atoms with E-state index in [9.17, 15) is 4.79 Å². The van der Waals surface area contributed by atoms with E-state index in [0.717, 1.165) is 6.42 Å². The average Bonchev–Trinajstić information content (AvgIpc) is 2.93. The van der Waals surface area contributed by atoms with E-state index in [2.05, 4.69) is 20.8 Å². The fourth-order valence-electron chi connectivity index (χ4n) is 1.84. The normalized spacial score (nSPS) is 11.8. The number of aromatic nitrogens is 2. The second kappa shape index (κ2) is 7.82. The molecule has 2 N–H and O–H groups in total. The topological polar surface area (TPSA) is 89.3 Å². The second-order valence-corrected chi connectivity index (χ2v) is 5.43. The van der Waals surface area contributed by atoms with Gasteiger partial charge in [-0.3, -0.25) is 0 Å². The minimum atomic E-state index is -0.421. The summed E-state index contributed by atoms with van der Waals surface area (Å²) in [5, 5.41) is 9.63. The van der Waals surface area contributed by atoms with Crippen molar-refractivity contribution < 1.29 is 14.1 Å². The Kier molecular flexibility index (Phi) is 5.81. The van der Waals surface area contributed by atoms with E-state index in [1.165, 1.54) is 0 Å². The highest BCUT2D eigenvalue weighted by atomic mass is 35.5. The molecule has 0 spiro atoms. The number of urea groups is 1. The van der Waals surface area contributed by atoms with E-state index in [0.29, 0.717) is 34.8 Å². The van der Waals surface area contributed by atoms with Gasteiger partial charge in [0.25, 0.3) is 0 Å². The van der Waals surface area contributed by atoms with Crippen molar-refractivity contribution in [2.45, 2.75) is 33.2 Å². The Morgan fingerprint density at radius 1 is 1.48 bits per heavy atom. The van der Waals surface area contributed by atoms with Crippen molar-refractivity contribution in [2.24, 2.45) is 0 Å². The van der Waals surface area contributed by atoms with Crippen molar-refractivity contribution in [3.8, 4) is 5.75 Å². The molecule has 1 unspecified atom stereocenters. The lowest BCUT2D eigenvalue weighted by Gasteiger charge is -2.14. The Morgan fingerprint density at radius 2 is 2.26 bits per heavy atom. The van der Waals surface area contributed by atoms with Crippen LogP contribution in [0.25, 0.3) is 0 Å². The Labute approximate surface area is 139 Å². The predicted octanol–water partition coefficient (Wildman–Crippen LogP) is 3.70. The van der Waals surface area contributed by atoms with Gasteiger partial charge >= 0.3 is 6.03 Å². The van der Waals surface area contributed by atoms with Gasteiger partial charge in [-0.05, 0) is 38.5 Å². The maximum Gasteiger partial charge on any atom is 0.319 e. The molecular formula is C15H19ClN4O3. The first-order valence-electron chi connectivity index (χ1n) is 7.29. The van der Waals surface area contributed by atoms with E-state index < -0.39 is 12.1 Å². The molecule has 1 heterocycles. The molecular weight excluding hydrogens is 320 g/mol. The Morgan fingerprint density at radius 3 is 2.91 bits per heavy atom. The Bertz CT molecular complexity index is 674. The molecule has 0 fully saturated rings. The number of carbonyl (C=O) groups excluding carboxylic acids is 1. The number of hydrogen-bond donors (Lipinski definition) is 2. The van der Waals surface area contributed by atoms with E-state index in [4.69, 9.17) is 20.9 Å². The lowest BCUT2D eigenvalue weighted by molar-refractivity contribution is 0.245. The molecule has 0 aliphatic heterocycles. The van der Waals surface area contributed by atoms with Gasteiger partial charge < -0.3 is 19.9 Å². The molecule has 2 aromatic rings. The van der Waals surface area contributed by atoms with Crippen LogP contribution in [0, 0.1) is 6.92 Å². The first-order valence-corrected chi connectivity index (χ1v) is 7.67. The third-order valence-corrected chi connectivity index (χ3v) is 3.15. The molecule has 2 amide bonds. The molecule has 1 aromatic heterocycles. The van der Waals surface area contributed by atoms with Crippen molar-refractivity contribution in [1.29, 1.82) is 0 Å². The zero-order chi connectivity index (χ0) is 16.8. The second-order valence-electron chi connectivity index (χ2n) is 4.99. The number of benzene rings is 1. The van der Waals surface area contributed by atoms with Gasteiger partial charge in [0.05, 0.1) is 12.3 Å². The monoisotopic (exact) mass is 338 g/mol. The number of rotatable bonds is 6. The maximum absolute atomic E-state index is 12.1. The summed E-state index contributed by atoms with van der Waals surface area (Å²) in [6.07, 6.45) is 0.863. The number of nitrogens with zero attached hydrogens (tertiary/aromatic N) is 2. The zero-order valence-electron chi connectivity index (χ0n) is 13.2. The average molecular weight is 339 g/mol. The predicted molar refractivity (Wildman–Crippen MR) is 86.8 cm³/mol. The highest BCUT2D eigenvalue weighted by Gasteiger charge is 2.16. The van der Waals surface area contributed by atoms with Crippen LogP contribution in [0.1, 0.15) is 38.0 Å². The largest absolute Gasteiger partial charge is 0.491 e. The molecule has 0 aliphatic carbocycles. The van der Waals surface area contributed by atoms with E-state index >= 15 is 0 Å². The summed E-state index contributed by atoms with van der Waals surface area (Å²) >= 11 is 5.98. The molecule has 7 nitrogen and oxygen atoms in total. The van der Waals surface area contributed by atoms with Crippen LogP contribution in [-0.2, 0) is 0 Å². The van der Waals surface area contributed by atoms with Gasteiger partial charge in [-0.1, -0.05) is 23.7 Å². The molecule has 1 atom stereocenters. The van der Waals surface area contributed by atoms with E-state index in [1.807, 2.05) is 6.92 Å². The van der Waals surface area contributed by atoms with Crippen LogP contribution in [0.5, 0.6) is 5.75 Å². The molecule has 0 aliphatic rings. The van der Waals surface area contributed by atoms with Crippen LogP contribution >= 0.6 is 11.6 Å². The molecule has 23 heavy (non-hydrogen) atoms. The number of hydrogen-bond acceptors (Lipinski definition) is 5. The number of nitrogens with one attached hydrogen (secondary N) is 2. The summed E-state index contributed by atoms with van der Waals surface area (Å²) in [4.78, 5) is 16.2. The molecule has 0 radical (unpaired) electrons. The van der Waals surface area contributed by atoms with Crippen molar-refractivity contribution in [1.82, 2.24) is 15.5 Å². The summed E-state index contributed by atoms with van der Waals surface area (Å²) in [5.41, 5.74) is 0.498. The summed E-state index contributed by atoms with van der Waals surface area (Å²) in [5.74, 6) is 1.41. The summed E-state index contributed by atoms with van der Waals surface area (Å²) in [7, 11) is 0. The number of anilines is 1. The first-order chi connectivity index (χ1) is 11.0. The minimum Gasteiger partial charge on any atom is -0.491 e. The van der Waals surface area contributed by atoms with Crippen molar-refractivity contribution in [3.05, 3.63) is 34.9 Å². The smallest absolute Gasteiger partial charge is 0.319 e. The van der Waals surface area contributed by atoms with Crippen LogP contribution in [0.15, 0.2) is 22.7 Å². The zero-order valence-corrected chi connectivity index (χ0v) is 14.0. The molecule has 124 valence electrons. The van der Waals surface area contributed by atoms with Crippen LogP contribution in [0.2, 0.25) is 5.02 Å². The lowest BCUT2D eigenvalue weighted by atomic mass is 10.3. The van der Waals surface area contributed by atoms with E-state index in [1.54, 1.807) is 32.0 Å². The quantitative estimate of drug-likeness (QED) is 0.838. The van der Waals surface area contributed by atoms with Gasteiger partial charge in [0.15, 0.2) is 5.82 Å². The summed E-state index contributed by atoms with van der Waals surface area (Å²) in [6, 6.07) is 4.22. The van der Waals surface area contributed by atoms with Gasteiger partial charge in [-0.25, -0.2) is 4.79 Å². The van der Waals surface area contributed by atoms with Crippen LogP contribution in [-0.4, -0.2) is 22.8 Å². The highest BCUT2D eigenvalue weighted by molar-refractivity contribution is 6.31. The summed E-state index contributed by atoms with van der Waals surface area (Å²) < 4.78 is 10.6. The number of amides is 2. The molecule has 8 heteroatoms. The Balaban J connectivity index is 2.03. The van der Waals surface area contributed by atoms with Crippen LogP contribution in [0.4, 0.5) is 10.5 Å². The van der Waals surface area contributed by atoms with Crippen molar-refractivity contribution >= 4 is 23.3 Å². The molecule has 1 aromatic carbocycles. The van der Waals surface area contributed by atoms with Gasteiger partial charge in [0.2, 0.25) is 5.89 Å². The fraction of sp³-hybridized carbons (Fsp3) is 0.400. The van der Waals surface area contributed by atoms with Gasteiger partial charge in [-0.2, -0.15) is 4.98 Å². The van der Waals surface area contributed by atoms with E-state index in [-0.39, 0.29) is 0 Å². The lowest BCUT2D eigenvalue weighted by Crippen LogP contribution is -2.31. The maximum atomic E-state index is 12.1. The fourth-order valence-corrected chi connectivity index (χ4v) is 2.02. The summed E-state index contributed by atoms with van der Waals surface area (Å²) in [6.45, 7) is 6.02. The third-order valence-electron chi connectivity index (χ3n) is 2.91. The third kappa shape index (κ3) is 4.85. The van der Waals surface area contributed by atoms with Crippen molar-refractivity contribution in [3.63, 3.8) is 0 Å². The molecule has 0 saturated carbocycles. The number of ether oxygens (including phenoxy) is 1. The Hall–Kier alpha value is -2.28. The molecule has 2 rings (SSSR count). The highest BCUT2D eigenvalue weighted by Crippen LogP contribution is 2.28. The number of carbonyl (C=O) groups is 1. The molecule has 0 saturated heterocycles. The molecule has 0 bridgehead atoms.